The van der Waals surface area contributed by atoms with E-state index in [1.165, 1.54) is 6.34 Å². The molecule has 72 valence electrons. The molecule has 0 radical (unpaired) electrons. The first kappa shape index (κ1) is 8.94. The zero-order chi connectivity index (χ0) is 10.2. The molecule has 1 heterocycles. The molecule has 0 aromatic heterocycles. The van der Waals surface area contributed by atoms with E-state index in [-0.39, 0.29) is 0 Å². The molecule has 0 bridgehead atoms. The van der Waals surface area contributed by atoms with Gasteiger partial charge in [0.2, 0.25) is 5.71 Å². The maximum atomic E-state index is 11.4. The molecule has 0 N–H and O–H groups in total. The molecule has 3 heteroatoms. The van der Waals surface area contributed by atoms with Crippen LogP contribution in [0, 0.1) is 5.21 Å². The maximum Gasteiger partial charge on any atom is 0.285 e. The second-order valence-electron chi connectivity index (χ2n) is 3.84. The van der Waals surface area contributed by atoms with Gasteiger partial charge in [-0.3, -0.25) is 4.74 Å². The lowest BCUT2D eigenvalue weighted by molar-refractivity contribution is -0.509. The van der Waals surface area contributed by atoms with Crippen LogP contribution >= 0.6 is 0 Å². The number of hydroxylamine groups is 1. The van der Waals surface area contributed by atoms with Crippen LogP contribution in [-0.2, 0) is 0 Å². The Labute approximate surface area is 83.0 Å². The number of hydrogen-bond donors (Lipinski definition) is 0. The molecule has 1 aromatic rings. The molecule has 0 saturated heterocycles. The van der Waals surface area contributed by atoms with Crippen molar-refractivity contribution in [3.05, 3.63) is 41.1 Å². The smallest absolute Gasteiger partial charge is 0.285 e. The molecule has 0 atom stereocenters. The van der Waals surface area contributed by atoms with E-state index < -0.39 is 5.54 Å². The normalized spacial score (nSPS) is 19.0. The summed E-state index contributed by atoms with van der Waals surface area (Å²) in [5, 5.41) is 11.4. The third kappa shape index (κ3) is 1.21. The molecule has 0 amide bonds. The van der Waals surface area contributed by atoms with E-state index in [0.717, 1.165) is 16.0 Å². The highest BCUT2D eigenvalue weighted by atomic mass is 16.5. The van der Waals surface area contributed by atoms with Gasteiger partial charge < -0.3 is 5.21 Å². The minimum Gasteiger partial charge on any atom is -0.715 e. The molecular formula is C11H12N2O. The van der Waals surface area contributed by atoms with Crippen molar-refractivity contribution in [2.75, 3.05) is 0 Å². The quantitative estimate of drug-likeness (QED) is 0.489. The van der Waals surface area contributed by atoms with E-state index >= 15 is 0 Å². The molecule has 1 aliphatic heterocycles. The zero-order valence-corrected chi connectivity index (χ0v) is 8.27. The largest absolute Gasteiger partial charge is 0.715 e. The van der Waals surface area contributed by atoms with Crippen LogP contribution in [0.1, 0.15) is 19.4 Å². The second-order valence-corrected chi connectivity index (χ2v) is 3.84. The summed E-state index contributed by atoms with van der Waals surface area (Å²) in [7, 11) is 0. The van der Waals surface area contributed by atoms with E-state index in [1.807, 2.05) is 44.2 Å². The predicted octanol–water partition coefficient (Wildman–Crippen LogP) is 1.81. The van der Waals surface area contributed by atoms with E-state index in [1.54, 1.807) is 0 Å². The Balaban J connectivity index is 2.41. The van der Waals surface area contributed by atoms with Crippen molar-refractivity contribution in [2.24, 2.45) is 4.99 Å². The predicted molar refractivity (Wildman–Crippen MR) is 56.7 cm³/mol. The van der Waals surface area contributed by atoms with E-state index in [4.69, 9.17) is 0 Å². The summed E-state index contributed by atoms with van der Waals surface area (Å²) in [6, 6.07) is 9.77. The summed E-state index contributed by atoms with van der Waals surface area (Å²) in [6.07, 6.45) is 1.34. The summed E-state index contributed by atoms with van der Waals surface area (Å²) in [5.41, 5.74) is 1.28. The number of hydrogen-bond acceptors (Lipinski definition) is 2. The van der Waals surface area contributed by atoms with Crippen molar-refractivity contribution in [2.45, 2.75) is 19.4 Å². The van der Waals surface area contributed by atoms with Gasteiger partial charge in [0.1, 0.15) is 0 Å². The Kier molecular flexibility index (Phi) is 1.88. The van der Waals surface area contributed by atoms with Crippen LogP contribution in [0.5, 0.6) is 0 Å². The third-order valence-corrected chi connectivity index (χ3v) is 2.47. The molecular weight excluding hydrogens is 176 g/mol. The van der Waals surface area contributed by atoms with Crippen molar-refractivity contribution in [1.29, 1.82) is 0 Å². The molecule has 0 unspecified atom stereocenters. The van der Waals surface area contributed by atoms with Gasteiger partial charge in [-0.25, -0.2) is 0 Å². The van der Waals surface area contributed by atoms with Crippen LogP contribution in [0.25, 0.3) is 0 Å². The van der Waals surface area contributed by atoms with Crippen LogP contribution in [0.2, 0.25) is 0 Å². The van der Waals surface area contributed by atoms with E-state index in [2.05, 4.69) is 4.99 Å². The lowest BCUT2D eigenvalue weighted by Gasteiger charge is -2.22. The maximum absolute atomic E-state index is 11.4. The Hall–Kier alpha value is -1.64. The molecule has 14 heavy (non-hydrogen) atoms. The van der Waals surface area contributed by atoms with Crippen molar-refractivity contribution in [3.63, 3.8) is 0 Å². The Morgan fingerprint density at radius 2 is 1.86 bits per heavy atom. The third-order valence-electron chi connectivity index (χ3n) is 2.47. The van der Waals surface area contributed by atoms with Crippen molar-refractivity contribution in [3.8, 4) is 0 Å². The molecule has 1 aliphatic rings. The van der Waals surface area contributed by atoms with Crippen LogP contribution in [0.15, 0.2) is 35.3 Å². The number of nitrogens with zero attached hydrogens (tertiary/aromatic N) is 2. The SMILES string of the molecule is CC1(C)C(c2ccccc2)=NC=[N+]1[O-]. The van der Waals surface area contributed by atoms with Crippen molar-refractivity contribution in [1.82, 2.24) is 0 Å². The van der Waals surface area contributed by atoms with Gasteiger partial charge in [0.05, 0.1) is 0 Å². The van der Waals surface area contributed by atoms with Gasteiger partial charge in [0, 0.05) is 5.56 Å². The number of aliphatic imine (C=N–C) groups is 1. The molecule has 1 aromatic carbocycles. The van der Waals surface area contributed by atoms with Gasteiger partial charge in [-0.1, -0.05) is 30.3 Å². The fraction of sp³-hybridized carbons (Fsp3) is 0.273. The van der Waals surface area contributed by atoms with Gasteiger partial charge in [-0.05, 0) is 18.8 Å². The summed E-state index contributed by atoms with van der Waals surface area (Å²) in [5.74, 6) is 0. The van der Waals surface area contributed by atoms with Crippen LogP contribution in [-0.4, -0.2) is 22.3 Å². The first-order valence-corrected chi connectivity index (χ1v) is 4.56. The molecule has 2 rings (SSSR count). The summed E-state index contributed by atoms with van der Waals surface area (Å²) in [4.78, 5) is 4.14. The standard InChI is InChI=1S/C11H12N2O/c1-11(2)10(12-8-13(11)14)9-6-4-3-5-7-9/h3-8H,1-2H3. The van der Waals surface area contributed by atoms with Crippen molar-refractivity contribution < 1.29 is 4.74 Å². The minimum atomic E-state index is -0.554. The van der Waals surface area contributed by atoms with Gasteiger partial charge in [0.25, 0.3) is 6.34 Å². The first-order chi connectivity index (χ1) is 6.62. The zero-order valence-electron chi connectivity index (χ0n) is 8.27. The van der Waals surface area contributed by atoms with Gasteiger partial charge in [-0.15, -0.1) is 0 Å². The molecule has 0 fully saturated rings. The van der Waals surface area contributed by atoms with E-state index in [0.29, 0.717) is 0 Å². The Bertz CT molecular complexity index is 405. The Morgan fingerprint density at radius 1 is 1.21 bits per heavy atom. The van der Waals surface area contributed by atoms with E-state index in [9.17, 15) is 5.21 Å². The lowest BCUT2D eigenvalue weighted by Crippen LogP contribution is -2.38. The highest BCUT2D eigenvalue weighted by molar-refractivity contribution is 6.10. The average molecular weight is 188 g/mol. The highest BCUT2D eigenvalue weighted by Gasteiger charge is 2.38. The van der Waals surface area contributed by atoms with Gasteiger partial charge in [0.15, 0.2) is 5.54 Å². The molecule has 0 aliphatic carbocycles. The first-order valence-electron chi connectivity index (χ1n) is 4.56. The molecule has 0 spiro atoms. The highest BCUT2D eigenvalue weighted by Crippen LogP contribution is 2.20. The van der Waals surface area contributed by atoms with Gasteiger partial charge in [-0.2, -0.15) is 0 Å². The average Bonchev–Trinajstić information content (AvgIpc) is 2.44. The molecule has 0 saturated carbocycles. The molecule has 3 nitrogen and oxygen atoms in total. The number of benzene rings is 1. The second kappa shape index (κ2) is 2.94. The Morgan fingerprint density at radius 3 is 2.36 bits per heavy atom. The van der Waals surface area contributed by atoms with Crippen LogP contribution < -0.4 is 0 Å². The van der Waals surface area contributed by atoms with Crippen LogP contribution in [0.4, 0.5) is 0 Å². The van der Waals surface area contributed by atoms with Crippen LogP contribution in [0.3, 0.4) is 0 Å². The lowest BCUT2D eigenvalue weighted by atomic mass is 9.93. The fourth-order valence-corrected chi connectivity index (χ4v) is 1.54. The number of rotatable bonds is 1. The minimum absolute atomic E-state index is 0.554. The van der Waals surface area contributed by atoms with Crippen molar-refractivity contribution >= 4 is 12.1 Å². The topological polar surface area (TPSA) is 38.4 Å². The van der Waals surface area contributed by atoms with Gasteiger partial charge >= 0.3 is 0 Å². The monoisotopic (exact) mass is 188 g/mol. The summed E-state index contributed by atoms with van der Waals surface area (Å²) in [6.45, 7) is 3.74. The summed E-state index contributed by atoms with van der Waals surface area (Å²) >= 11 is 0. The summed E-state index contributed by atoms with van der Waals surface area (Å²) < 4.78 is 0.884. The fourth-order valence-electron chi connectivity index (χ4n) is 1.54.